The van der Waals surface area contributed by atoms with E-state index in [9.17, 15) is 9.18 Å². The van der Waals surface area contributed by atoms with Crippen LogP contribution in [0.2, 0.25) is 5.02 Å². The molecule has 7 nitrogen and oxygen atoms in total. The van der Waals surface area contributed by atoms with Gasteiger partial charge in [-0.3, -0.25) is 9.78 Å². The molecular weight excluding hydrogens is 431 g/mol. The van der Waals surface area contributed by atoms with Gasteiger partial charge in [0.1, 0.15) is 5.82 Å². The minimum absolute atomic E-state index is 0.0514. The first-order chi connectivity index (χ1) is 15.6. The van der Waals surface area contributed by atoms with Crippen molar-refractivity contribution < 1.29 is 9.18 Å². The Bertz CT molecular complexity index is 1440. The molecule has 0 atom stereocenters. The SMILES string of the molecule is O=C(Nc1ccc(-c2ccc3nnc(-c4ccncc4)n3n2)cc1)c1ccc(F)cc1Cl. The quantitative estimate of drug-likeness (QED) is 0.426. The first kappa shape index (κ1) is 19.8. The van der Waals surface area contributed by atoms with E-state index in [1.54, 1.807) is 29.0 Å². The van der Waals surface area contributed by atoms with Gasteiger partial charge in [0.05, 0.1) is 16.3 Å². The fourth-order valence-corrected chi connectivity index (χ4v) is 3.47. The third-order valence-electron chi connectivity index (χ3n) is 4.82. The largest absolute Gasteiger partial charge is 0.322 e. The molecule has 156 valence electrons. The summed E-state index contributed by atoms with van der Waals surface area (Å²) >= 11 is 5.97. The summed E-state index contributed by atoms with van der Waals surface area (Å²) in [7, 11) is 0. The Morgan fingerprint density at radius 1 is 0.906 bits per heavy atom. The second kappa shape index (κ2) is 8.16. The van der Waals surface area contributed by atoms with Gasteiger partial charge < -0.3 is 5.32 Å². The lowest BCUT2D eigenvalue weighted by Crippen LogP contribution is -2.12. The van der Waals surface area contributed by atoms with Crippen LogP contribution in [0, 0.1) is 5.82 Å². The number of amides is 1. The molecule has 3 aromatic heterocycles. The molecule has 9 heteroatoms. The molecule has 0 aliphatic heterocycles. The van der Waals surface area contributed by atoms with Crippen LogP contribution in [0.3, 0.4) is 0 Å². The molecule has 0 saturated carbocycles. The van der Waals surface area contributed by atoms with Crippen molar-refractivity contribution in [1.29, 1.82) is 0 Å². The van der Waals surface area contributed by atoms with Crippen LogP contribution in [0.1, 0.15) is 10.4 Å². The van der Waals surface area contributed by atoms with Gasteiger partial charge in [-0.25, -0.2) is 4.39 Å². The fraction of sp³-hybridized carbons (Fsp3) is 0. The number of pyridine rings is 1. The molecule has 0 fully saturated rings. The minimum atomic E-state index is -0.499. The van der Waals surface area contributed by atoms with E-state index in [2.05, 4.69) is 25.6 Å². The van der Waals surface area contributed by atoms with Crippen molar-refractivity contribution in [3.05, 3.63) is 95.5 Å². The summed E-state index contributed by atoms with van der Waals surface area (Å²) in [5.74, 6) is -0.307. The molecule has 1 N–H and O–H groups in total. The standard InChI is InChI=1S/C23H14ClFN6O/c24-19-13-16(25)3-6-18(19)23(32)27-17-4-1-14(2-5-17)20-7-8-21-28-29-22(31(21)30-20)15-9-11-26-12-10-15/h1-13H,(H,27,32). The van der Waals surface area contributed by atoms with Crippen molar-refractivity contribution in [1.82, 2.24) is 24.8 Å². The van der Waals surface area contributed by atoms with Gasteiger partial charge >= 0.3 is 0 Å². The average molecular weight is 445 g/mol. The van der Waals surface area contributed by atoms with Crippen LogP contribution in [0.5, 0.6) is 0 Å². The Labute approximate surface area is 186 Å². The number of aromatic nitrogens is 5. The average Bonchev–Trinajstić information content (AvgIpc) is 3.23. The van der Waals surface area contributed by atoms with Crippen molar-refractivity contribution in [2.24, 2.45) is 0 Å². The van der Waals surface area contributed by atoms with E-state index < -0.39 is 11.7 Å². The summed E-state index contributed by atoms with van der Waals surface area (Å²) in [6, 6.07) is 18.2. The molecule has 0 saturated heterocycles. The summed E-state index contributed by atoms with van der Waals surface area (Å²) < 4.78 is 14.9. The Kier molecular flexibility index (Phi) is 5.04. The highest BCUT2D eigenvalue weighted by Crippen LogP contribution is 2.23. The Morgan fingerprint density at radius 2 is 1.69 bits per heavy atom. The van der Waals surface area contributed by atoms with Crippen LogP contribution in [0.15, 0.2) is 79.1 Å². The summed E-state index contributed by atoms with van der Waals surface area (Å²) in [6.07, 6.45) is 3.37. The number of fused-ring (bicyclic) bond motifs is 1. The third-order valence-corrected chi connectivity index (χ3v) is 5.13. The predicted octanol–water partition coefficient (Wildman–Crippen LogP) is 4.90. The van der Waals surface area contributed by atoms with Crippen molar-refractivity contribution in [3.63, 3.8) is 0 Å². The number of hydrogen-bond acceptors (Lipinski definition) is 5. The second-order valence-electron chi connectivity index (χ2n) is 6.90. The van der Waals surface area contributed by atoms with Gasteiger partial charge in [0.25, 0.3) is 5.91 Å². The maximum Gasteiger partial charge on any atom is 0.257 e. The van der Waals surface area contributed by atoms with E-state index in [1.165, 1.54) is 12.1 Å². The van der Waals surface area contributed by atoms with Crippen LogP contribution in [-0.4, -0.2) is 30.7 Å². The number of carbonyl (C=O) groups excluding carboxylic acids is 1. The molecular formula is C23H14ClFN6O. The van der Waals surface area contributed by atoms with Crippen molar-refractivity contribution in [2.45, 2.75) is 0 Å². The Hall–Kier alpha value is -4.17. The highest BCUT2D eigenvalue weighted by molar-refractivity contribution is 6.34. The number of nitrogens with zero attached hydrogens (tertiary/aromatic N) is 5. The van der Waals surface area contributed by atoms with Crippen molar-refractivity contribution in [2.75, 3.05) is 5.32 Å². The lowest BCUT2D eigenvalue weighted by Gasteiger charge is -2.08. The van der Waals surface area contributed by atoms with Gasteiger partial charge in [0.2, 0.25) is 0 Å². The molecule has 5 aromatic rings. The summed E-state index contributed by atoms with van der Waals surface area (Å²) in [5.41, 5.74) is 3.81. The van der Waals surface area contributed by atoms with E-state index in [4.69, 9.17) is 11.6 Å². The highest BCUT2D eigenvalue weighted by Gasteiger charge is 2.13. The molecule has 0 unspecified atom stereocenters. The van der Waals surface area contributed by atoms with E-state index in [0.717, 1.165) is 17.2 Å². The lowest BCUT2D eigenvalue weighted by molar-refractivity contribution is 0.102. The first-order valence-corrected chi connectivity index (χ1v) is 9.96. The zero-order valence-electron chi connectivity index (χ0n) is 16.4. The summed E-state index contributed by atoms with van der Waals surface area (Å²) in [6.45, 7) is 0. The maximum absolute atomic E-state index is 13.2. The first-order valence-electron chi connectivity index (χ1n) is 9.58. The second-order valence-corrected chi connectivity index (χ2v) is 7.31. The molecule has 32 heavy (non-hydrogen) atoms. The molecule has 0 aliphatic rings. The Morgan fingerprint density at radius 3 is 2.44 bits per heavy atom. The smallest absolute Gasteiger partial charge is 0.257 e. The zero-order valence-corrected chi connectivity index (χ0v) is 17.2. The number of carbonyl (C=O) groups is 1. The number of nitrogens with one attached hydrogen (secondary N) is 1. The van der Waals surface area contributed by atoms with Crippen LogP contribution in [0.4, 0.5) is 10.1 Å². The van der Waals surface area contributed by atoms with Gasteiger partial charge in [-0.2, -0.15) is 9.61 Å². The minimum Gasteiger partial charge on any atom is -0.322 e. The molecule has 5 rings (SSSR count). The van der Waals surface area contributed by atoms with E-state index >= 15 is 0 Å². The normalized spacial score (nSPS) is 10.9. The summed E-state index contributed by atoms with van der Waals surface area (Å²) in [5, 5.41) is 15.9. The lowest BCUT2D eigenvalue weighted by atomic mass is 10.1. The number of hydrogen-bond donors (Lipinski definition) is 1. The zero-order chi connectivity index (χ0) is 22.1. The number of rotatable bonds is 4. The number of halogens is 2. The molecule has 0 spiro atoms. The van der Waals surface area contributed by atoms with Crippen LogP contribution in [0.25, 0.3) is 28.3 Å². The molecule has 0 radical (unpaired) electrons. The molecule has 0 bridgehead atoms. The van der Waals surface area contributed by atoms with Crippen molar-refractivity contribution in [3.8, 4) is 22.6 Å². The van der Waals surface area contributed by atoms with Crippen LogP contribution < -0.4 is 5.32 Å². The van der Waals surface area contributed by atoms with Crippen LogP contribution >= 0.6 is 11.6 Å². The van der Waals surface area contributed by atoms with E-state index in [0.29, 0.717) is 22.9 Å². The monoisotopic (exact) mass is 444 g/mol. The highest BCUT2D eigenvalue weighted by atomic mass is 35.5. The van der Waals surface area contributed by atoms with E-state index in [-0.39, 0.29) is 10.6 Å². The molecule has 3 heterocycles. The van der Waals surface area contributed by atoms with E-state index in [1.807, 2.05) is 36.4 Å². The summed E-state index contributed by atoms with van der Waals surface area (Å²) in [4.78, 5) is 16.5. The van der Waals surface area contributed by atoms with Gasteiger partial charge in [-0.05, 0) is 54.6 Å². The maximum atomic E-state index is 13.2. The predicted molar refractivity (Wildman–Crippen MR) is 119 cm³/mol. The number of benzene rings is 2. The molecule has 2 aromatic carbocycles. The Balaban J connectivity index is 1.41. The van der Waals surface area contributed by atoms with Crippen molar-refractivity contribution >= 4 is 28.8 Å². The van der Waals surface area contributed by atoms with Gasteiger partial charge in [0, 0.05) is 29.2 Å². The molecule has 1 amide bonds. The fourth-order valence-electron chi connectivity index (χ4n) is 3.22. The number of anilines is 1. The van der Waals surface area contributed by atoms with Gasteiger partial charge in [-0.15, -0.1) is 10.2 Å². The van der Waals surface area contributed by atoms with Gasteiger partial charge in [0.15, 0.2) is 11.5 Å². The molecule has 0 aliphatic carbocycles. The van der Waals surface area contributed by atoms with Crippen LogP contribution in [-0.2, 0) is 0 Å². The van der Waals surface area contributed by atoms with Gasteiger partial charge in [-0.1, -0.05) is 23.7 Å². The topological polar surface area (TPSA) is 85.1 Å². The third kappa shape index (κ3) is 3.79.